The summed E-state index contributed by atoms with van der Waals surface area (Å²) in [6.45, 7) is 2.94. The standard InChI is InChI=1S/C21H24N2O8S/c1-3-30-20(24)19(21(25)31-4-2)18(15-8-6-5-7-9-15)14-22-32(28,29)17-12-10-16(11-13-17)23(26)27/h5-13,18-19,22H,3-4,14H2,1-2H3/t18-/m1/s1. The van der Waals surface area contributed by atoms with E-state index in [0.717, 1.165) is 24.3 Å². The summed E-state index contributed by atoms with van der Waals surface area (Å²) < 4.78 is 38.0. The van der Waals surface area contributed by atoms with Gasteiger partial charge in [0.2, 0.25) is 10.0 Å². The summed E-state index contributed by atoms with van der Waals surface area (Å²) in [5, 5.41) is 10.8. The van der Waals surface area contributed by atoms with Gasteiger partial charge in [0.05, 0.1) is 23.0 Å². The molecule has 10 nitrogen and oxygen atoms in total. The Balaban J connectivity index is 2.37. The molecule has 0 saturated carbocycles. The monoisotopic (exact) mass is 464 g/mol. The van der Waals surface area contributed by atoms with E-state index in [1.807, 2.05) is 0 Å². The fourth-order valence-corrected chi connectivity index (χ4v) is 4.11. The minimum Gasteiger partial charge on any atom is -0.465 e. The van der Waals surface area contributed by atoms with Crippen LogP contribution in [0.4, 0.5) is 5.69 Å². The van der Waals surface area contributed by atoms with Crippen molar-refractivity contribution in [2.75, 3.05) is 19.8 Å². The molecule has 0 unspecified atom stereocenters. The van der Waals surface area contributed by atoms with Crippen LogP contribution < -0.4 is 4.72 Å². The van der Waals surface area contributed by atoms with E-state index in [2.05, 4.69) is 4.72 Å². The zero-order valence-electron chi connectivity index (χ0n) is 17.6. The molecule has 0 heterocycles. The molecule has 172 valence electrons. The van der Waals surface area contributed by atoms with E-state index in [-0.39, 0.29) is 30.3 Å². The summed E-state index contributed by atoms with van der Waals surface area (Å²) >= 11 is 0. The van der Waals surface area contributed by atoms with Crippen LogP contribution in [-0.4, -0.2) is 45.0 Å². The smallest absolute Gasteiger partial charge is 0.321 e. The first-order valence-electron chi connectivity index (χ1n) is 9.83. The van der Waals surface area contributed by atoms with Crippen molar-refractivity contribution in [2.45, 2.75) is 24.7 Å². The number of nitrogens with one attached hydrogen (secondary N) is 1. The number of hydrogen-bond acceptors (Lipinski definition) is 8. The molecule has 0 saturated heterocycles. The average Bonchev–Trinajstić information content (AvgIpc) is 2.77. The maximum atomic E-state index is 12.7. The van der Waals surface area contributed by atoms with Crippen LogP contribution in [0.15, 0.2) is 59.5 Å². The van der Waals surface area contributed by atoms with Gasteiger partial charge < -0.3 is 9.47 Å². The number of hydrogen-bond donors (Lipinski definition) is 1. The minimum absolute atomic E-state index is 0.0325. The SMILES string of the molecule is CCOC(=O)C(C(=O)OCC)[C@H](CNS(=O)(=O)c1ccc([N+](=O)[O-])cc1)c1ccccc1. The number of carbonyl (C=O) groups is 2. The van der Waals surface area contributed by atoms with E-state index in [9.17, 15) is 28.1 Å². The first-order chi connectivity index (χ1) is 15.2. The first kappa shape index (κ1) is 25.0. The second-order valence-electron chi connectivity index (χ2n) is 6.60. The third kappa shape index (κ3) is 6.34. The van der Waals surface area contributed by atoms with Crippen molar-refractivity contribution in [1.82, 2.24) is 4.72 Å². The highest BCUT2D eigenvalue weighted by molar-refractivity contribution is 7.89. The summed E-state index contributed by atoms with van der Waals surface area (Å²) in [6, 6.07) is 12.8. The van der Waals surface area contributed by atoms with Gasteiger partial charge in [-0.25, -0.2) is 13.1 Å². The molecule has 11 heteroatoms. The lowest BCUT2D eigenvalue weighted by Crippen LogP contribution is -2.39. The average molecular weight is 464 g/mol. The molecule has 0 aromatic heterocycles. The molecule has 1 atom stereocenters. The maximum absolute atomic E-state index is 12.7. The van der Waals surface area contributed by atoms with Crippen molar-refractivity contribution in [3.05, 3.63) is 70.3 Å². The van der Waals surface area contributed by atoms with Crippen LogP contribution in [0, 0.1) is 16.0 Å². The number of sulfonamides is 1. The Morgan fingerprint density at radius 2 is 1.50 bits per heavy atom. The number of esters is 2. The van der Waals surface area contributed by atoms with Crippen LogP contribution in [-0.2, 0) is 29.1 Å². The van der Waals surface area contributed by atoms with Gasteiger partial charge in [-0.2, -0.15) is 0 Å². The van der Waals surface area contributed by atoms with E-state index in [0.29, 0.717) is 5.56 Å². The molecule has 0 radical (unpaired) electrons. The number of nitro benzene ring substituents is 1. The summed E-state index contributed by atoms with van der Waals surface area (Å²) in [5.74, 6) is -3.96. The molecule has 2 aromatic rings. The lowest BCUT2D eigenvalue weighted by molar-refractivity contribution is -0.384. The Morgan fingerprint density at radius 3 is 1.97 bits per heavy atom. The topological polar surface area (TPSA) is 142 Å². The van der Waals surface area contributed by atoms with Crippen LogP contribution in [0.2, 0.25) is 0 Å². The molecule has 32 heavy (non-hydrogen) atoms. The predicted octanol–water partition coefficient (Wildman–Crippen LogP) is 2.40. The summed E-state index contributed by atoms with van der Waals surface area (Å²) in [4.78, 5) is 35.2. The molecular formula is C21H24N2O8S. The number of nitrogens with zero attached hydrogens (tertiary/aromatic N) is 1. The third-order valence-electron chi connectivity index (χ3n) is 4.56. The molecule has 0 spiro atoms. The molecule has 1 N–H and O–H groups in total. The number of non-ortho nitro benzene ring substituents is 1. The van der Waals surface area contributed by atoms with Crippen molar-refractivity contribution < 1.29 is 32.4 Å². The van der Waals surface area contributed by atoms with Crippen LogP contribution in [0.25, 0.3) is 0 Å². The number of rotatable bonds is 11. The lowest BCUT2D eigenvalue weighted by Gasteiger charge is -2.25. The Morgan fingerprint density at radius 1 is 0.969 bits per heavy atom. The van der Waals surface area contributed by atoms with Crippen LogP contribution in [0.5, 0.6) is 0 Å². The van der Waals surface area contributed by atoms with E-state index in [1.165, 1.54) is 0 Å². The summed E-state index contributed by atoms with van der Waals surface area (Å²) in [6.07, 6.45) is 0. The highest BCUT2D eigenvalue weighted by Gasteiger charge is 2.39. The lowest BCUT2D eigenvalue weighted by atomic mass is 9.86. The third-order valence-corrected chi connectivity index (χ3v) is 6.00. The molecule has 0 aliphatic heterocycles. The van der Waals surface area contributed by atoms with E-state index in [1.54, 1.807) is 44.2 Å². The molecule has 2 rings (SSSR count). The Hall–Kier alpha value is -3.31. The molecule has 2 aromatic carbocycles. The normalized spacial score (nSPS) is 12.2. The zero-order valence-corrected chi connectivity index (χ0v) is 18.4. The van der Waals surface area contributed by atoms with Crippen LogP contribution >= 0.6 is 0 Å². The Labute approximate surface area is 185 Å². The summed E-state index contributed by atoms with van der Waals surface area (Å²) in [5.41, 5.74) is 0.279. The van der Waals surface area contributed by atoms with E-state index < -0.39 is 38.7 Å². The Bertz CT molecular complexity index is 1020. The van der Waals surface area contributed by atoms with Gasteiger partial charge >= 0.3 is 11.9 Å². The Kier molecular flexibility index (Phi) is 8.85. The van der Waals surface area contributed by atoms with Crippen LogP contribution in [0.3, 0.4) is 0 Å². The first-order valence-corrected chi connectivity index (χ1v) is 11.3. The molecule has 0 bridgehead atoms. The molecular weight excluding hydrogens is 440 g/mol. The molecule has 0 aliphatic carbocycles. The summed E-state index contributed by atoms with van der Waals surface area (Å²) in [7, 11) is -4.09. The van der Waals surface area contributed by atoms with Crippen molar-refractivity contribution in [3.63, 3.8) is 0 Å². The second-order valence-corrected chi connectivity index (χ2v) is 8.37. The van der Waals surface area contributed by atoms with Gasteiger partial charge in [0.1, 0.15) is 0 Å². The fourth-order valence-electron chi connectivity index (χ4n) is 3.05. The van der Waals surface area contributed by atoms with Gasteiger partial charge in [0.25, 0.3) is 5.69 Å². The molecule has 0 fully saturated rings. The number of carbonyl (C=O) groups excluding carboxylic acids is 2. The van der Waals surface area contributed by atoms with Crippen LogP contribution in [0.1, 0.15) is 25.3 Å². The fraction of sp³-hybridized carbons (Fsp3) is 0.333. The van der Waals surface area contributed by atoms with Gasteiger partial charge in [-0.15, -0.1) is 0 Å². The number of benzene rings is 2. The zero-order chi connectivity index (χ0) is 23.7. The highest BCUT2D eigenvalue weighted by Crippen LogP contribution is 2.28. The minimum atomic E-state index is -4.09. The van der Waals surface area contributed by atoms with Gasteiger partial charge in [-0.05, 0) is 31.5 Å². The molecule has 0 amide bonds. The quantitative estimate of drug-likeness (QED) is 0.231. The second kappa shape index (κ2) is 11.3. The van der Waals surface area contributed by atoms with E-state index >= 15 is 0 Å². The maximum Gasteiger partial charge on any atom is 0.321 e. The predicted molar refractivity (Wildman–Crippen MR) is 114 cm³/mol. The highest BCUT2D eigenvalue weighted by atomic mass is 32.2. The van der Waals surface area contributed by atoms with Gasteiger partial charge in [0, 0.05) is 24.6 Å². The van der Waals surface area contributed by atoms with Crippen molar-refractivity contribution in [3.8, 4) is 0 Å². The van der Waals surface area contributed by atoms with E-state index in [4.69, 9.17) is 9.47 Å². The largest absolute Gasteiger partial charge is 0.465 e. The van der Waals surface area contributed by atoms with Gasteiger partial charge in [-0.3, -0.25) is 19.7 Å². The molecule has 0 aliphatic rings. The van der Waals surface area contributed by atoms with Gasteiger partial charge in [-0.1, -0.05) is 30.3 Å². The number of nitro groups is 1. The van der Waals surface area contributed by atoms with Crippen molar-refractivity contribution in [1.29, 1.82) is 0 Å². The van der Waals surface area contributed by atoms with Crippen molar-refractivity contribution >= 4 is 27.6 Å². The number of ether oxygens (including phenoxy) is 2. The van der Waals surface area contributed by atoms with Gasteiger partial charge in [0.15, 0.2) is 5.92 Å². The van der Waals surface area contributed by atoms with Crippen molar-refractivity contribution in [2.24, 2.45) is 5.92 Å².